The minimum absolute atomic E-state index is 0.327. The number of amides is 1. The summed E-state index contributed by atoms with van der Waals surface area (Å²) in [6.07, 6.45) is 6.87. The van der Waals surface area contributed by atoms with Crippen LogP contribution in [-0.2, 0) is 4.79 Å². The Morgan fingerprint density at radius 1 is 1.43 bits per heavy atom. The highest BCUT2D eigenvalue weighted by molar-refractivity contribution is 5.82. The molecule has 0 aliphatic heterocycles. The highest BCUT2D eigenvalue weighted by Gasteiger charge is 2.54. The van der Waals surface area contributed by atoms with Crippen LogP contribution in [-0.4, -0.2) is 23.9 Å². The lowest BCUT2D eigenvalue weighted by atomic mass is 10.1. The SMILES string of the molecule is CCN(CC)C(=O)[C@H]1[C@H]2C=CCC[C@H]21. The smallest absolute Gasteiger partial charge is 0.226 e. The van der Waals surface area contributed by atoms with E-state index in [1.165, 1.54) is 12.8 Å². The van der Waals surface area contributed by atoms with Crippen LogP contribution in [0.5, 0.6) is 0 Å². The van der Waals surface area contributed by atoms with Crippen molar-refractivity contribution in [2.75, 3.05) is 13.1 Å². The molecule has 0 aromatic carbocycles. The fraction of sp³-hybridized carbons (Fsp3) is 0.750. The molecule has 0 aromatic rings. The van der Waals surface area contributed by atoms with E-state index >= 15 is 0 Å². The van der Waals surface area contributed by atoms with E-state index in [2.05, 4.69) is 26.0 Å². The van der Waals surface area contributed by atoms with Crippen molar-refractivity contribution in [2.45, 2.75) is 26.7 Å². The second-order valence-electron chi connectivity index (χ2n) is 4.28. The van der Waals surface area contributed by atoms with E-state index in [4.69, 9.17) is 0 Å². The Bertz CT molecular complexity index is 255. The summed E-state index contributed by atoms with van der Waals surface area (Å²) in [7, 11) is 0. The number of carbonyl (C=O) groups is 1. The molecule has 2 rings (SSSR count). The molecular formula is C12H19NO. The fourth-order valence-electron chi connectivity index (χ4n) is 2.67. The normalized spacial score (nSPS) is 33.7. The molecule has 0 radical (unpaired) electrons. The number of carbonyl (C=O) groups excluding carboxylic acids is 1. The van der Waals surface area contributed by atoms with E-state index in [0.717, 1.165) is 13.1 Å². The van der Waals surface area contributed by atoms with Crippen LogP contribution < -0.4 is 0 Å². The first-order chi connectivity index (χ1) is 6.79. The van der Waals surface area contributed by atoms with Crippen molar-refractivity contribution in [2.24, 2.45) is 17.8 Å². The molecule has 0 saturated heterocycles. The number of hydrogen-bond acceptors (Lipinski definition) is 1. The van der Waals surface area contributed by atoms with Crippen LogP contribution in [0.1, 0.15) is 26.7 Å². The Morgan fingerprint density at radius 3 is 2.64 bits per heavy atom. The molecule has 1 fully saturated rings. The predicted octanol–water partition coefficient (Wildman–Crippen LogP) is 2.07. The lowest BCUT2D eigenvalue weighted by molar-refractivity contribution is -0.132. The third kappa shape index (κ3) is 1.47. The van der Waals surface area contributed by atoms with E-state index in [1.54, 1.807) is 0 Å². The Kier molecular flexibility index (Phi) is 2.62. The summed E-state index contributed by atoms with van der Waals surface area (Å²) in [5, 5.41) is 0. The van der Waals surface area contributed by atoms with Crippen LogP contribution in [0.15, 0.2) is 12.2 Å². The Hall–Kier alpha value is -0.790. The molecule has 3 atom stereocenters. The zero-order valence-electron chi connectivity index (χ0n) is 9.07. The van der Waals surface area contributed by atoms with Gasteiger partial charge in [-0.2, -0.15) is 0 Å². The second-order valence-corrected chi connectivity index (χ2v) is 4.28. The number of hydrogen-bond donors (Lipinski definition) is 0. The van der Waals surface area contributed by atoms with E-state index in [-0.39, 0.29) is 0 Å². The number of allylic oxidation sites excluding steroid dienone is 2. The molecule has 0 bridgehead atoms. The maximum atomic E-state index is 12.0. The fourth-order valence-corrected chi connectivity index (χ4v) is 2.67. The Morgan fingerprint density at radius 2 is 2.14 bits per heavy atom. The van der Waals surface area contributed by atoms with Gasteiger partial charge >= 0.3 is 0 Å². The molecule has 0 N–H and O–H groups in total. The monoisotopic (exact) mass is 193 g/mol. The minimum atomic E-state index is 0.327. The summed E-state index contributed by atoms with van der Waals surface area (Å²) >= 11 is 0. The third-order valence-corrected chi connectivity index (χ3v) is 3.61. The van der Waals surface area contributed by atoms with Crippen molar-refractivity contribution in [3.05, 3.63) is 12.2 Å². The first kappa shape index (κ1) is 9.75. The average Bonchev–Trinajstić information content (AvgIpc) is 2.93. The van der Waals surface area contributed by atoms with Crippen LogP contribution in [0.25, 0.3) is 0 Å². The summed E-state index contributed by atoms with van der Waals surface area (Å²) in [6.45, 7) is 5.83. The van der Waals surface area contributed by atoms with Gasteiger partial charge in [0, 0.05) is 19.0 Å². The van der Waals surface area contributed by atoms with Gasteiger partial charge in [-0.3, -0.25) is 4.79 Å². The molecule has 0 unspecified atom stereocenters. The Balaban J connectivity index is 1.97. The van der Waals surface area contributed by atoms with Crippen LogP contribution in [0, 0.1) is 17.8 Å². The molecule has 2 aliphatic rings. The molecule has 2 aliphatic carbocycles. The van der Waals surface area contributed by atoms with E-state index in [9.17, 15) is 4.79 Å². The minimum Gasteiger partial charge on any atom is -0.343 e. The van der Waals surface area contributed by atoms with Gasteiger partial charge in [-0.05, 0) is 38.5 Å². The zero-order chi connectivity index (χ0) is 10.1. The van der Waals surface area contributed by atoms with Gasteiger partial charge in [-0.15, -0.1) is 0 Å². The lowest BCUT2D eigenvalue weighted by Gasteiger charge is -2.18. The highest BCUT2D eigenvalue weighted by atomic mass is 16.2. The Labute approximate surface area is 86.0 Å². The van der Waals surface area contributed by atoms with E-state index < -0.39 is 0 Å². The molecule has 0 spiro atoms. The summed E-state index contributed by atoms with van der Waals surface area (Å²) in [5.74, 6) is 1.97. The molecule has 0 aromatic heterocycles. The lowest BCUT2D eigenvalue weighted by Crippen LogP contribution is -2.32. The van der Waals surface area contributed by atoms with Crippen LogP contribution in [0.4, 0.5) is 0 Å². The first-order valence-electron chi connectivity index (χ1n) is 5.75. The molecule has 14 heavy (non-hydrogen) atoms. The molecular weight excluding hydrogens is 174 g/mol. The number of fused-ring (bicyclic) bond motifs is 1. The molecule has 0 heterocycles. The maximum Gasteiger partial charge on any atom is 0.226 e. The van der Waals surface area contributed by atoms with Gasteiger partial charge < -0.3 is 4.90 Å². The van der Waals surface area contributed by atoms with Gasteiger partial charge in [0.25, 0.3) is 0 Å². The van der Waals surface area contributed by atoms with E-state index in [0.29, 0.717) is 23.7 Å². The first-order valence-corrected chi connectivity index (χ1v) is 5.75. The van der Waals surface area contributed by atoms with Gasteiger partial charge in [0.05, 0.1) is 0 Å². The maximum absolute atomic E-state index is 12.0. The molecule has 2 nitrogen and oxygen atoms in total. The average molecular weight is 193 g/mol. The van der Waals surface area contributed by atoms with Gasteiger partial charge in [0.15, 0.2) is 0 Å². The summed E-state index contributed by atoms with van der Waals surface area (Å²) in [6, 6.07) is 0. The van der Waals surface area contributed by atoms with Crippen molar-refractivity contribution in [1.29, 1.82) is 0 Å². The van der Waals surface area contributed by atoms with Crippen LogP contribution in [0.3, 0.4) is 0 Å². The van der Waals surface area contributed by atoms with Gasteiger partial charge in [-0.25, -0.2) is 0 Å². The van der Waals surface area contributed by atoms with Gasteiger partial charge in [-0.1, -0.05) is 12.2 Å². The van der Waals surface area contributed by atoms with E-state index in [1.807, 2.05) is 4.90 Å². The summed E-state index contributed by atoms with van der Waals surface area (Å²) in [4.78, 5) is 14.0. The van der Waals surface area contributed by atoms with Crippen LogP contribution >= 0.6 is 0 Å². The highest BCUT2D eigenvalue weighted by Crippen LogP contribution is 2.53. The summed E-state index contributed by atoms with van der Waals surface area (Å²) < 4.78 is 0. The van der Waals surface area contributed by atoms with Crippen molar-refractivity contribution in [1.82, 2.24) is 4.90 Å². The molecule has 2 heteroatoms. The van der Waals surface area contributed by atoms with Crippen molar-refractivity contribution >= 4 is 5.91 Å². The molecule has 1 saturated carbocycles. The number of rotatable bonds is 3. The molecule has 78 valence electrons. The molecule has 1 amide bonds. The third-order valence-electron chi connectivity index (χ3n) is 3.61. The predicted molar refractivity (Wildman–Crippen MR) is 56.8 cm³/mol. The summed E-state index contributed by atoms with van der Waals surface area (Å²) in [5.41, 5.74) is 0. The quantitative estimate of drug-likeness (QED) is 0.628. The topological polar surface area (TPSA) is 20.3 Å². The number of nitrogens with zero attached hydrogens (tertiary/aromatic N) is 1. The van der Waals surface area contributed by atoms with Crippen molar-refractivity contribution < 1.29 is 4.79 Å². The van der Waals surface area contributed by atoms with Gasteiger partial charge in [0.1, 0.15) is 0 Å². The second kappa shape index (κ2) is 3.76. The van der Waals surface area contributed by atoms with Gasteiger partial charge in [0.2, 0.25) is 5.91 Å². The van der Waals surface area contributed by atoms with Crippen molar-refractivity contribution in [3.8, 4) is 0 Å². The largest absolute Gasteiger partial charge is 0.343 e. The standard InChI is InChI=1S/C12H19NO/c1-3-13(4-2)12(14)11-9-7-5-6-8-10(9)11/h5,7,9-11H,3-4,6,8H2,1-2H3/t9-,10+,11-/m0/s1. The van der Waals surface area contributed by atoms with Crippen LogP contribution in [0.2, 0.25) is 0 Å². The van der Waals surface area contributed by atoms with Crippen molar-refractivity contribution in [3.63, 3.8) is 0 Å². The zero-order valence-corrected chi connectivity index (χ0v) is 9.07.